The zero-order valence-corrected chi connectivity index (χ0v) is 15.1. The number of carbonyl (C=O) groups is 1. The van der Waals surface area contributed by atoms with E-state index in [-0.39, 0.29) is 30.1 Å². The van der Waals surface area contributed by atoms with Gasteiger partial charge in [0.15, 0.2) is 5.78 Å². The summed E-state index contributed by atoms with van der Waals surface area (Å²) >= 11 is 0. The first-order chi connectivity index (χ1) is 11.7. The van der Waals surface area contributed by atoms with Gasteiger partial charge >= 0.3 is 0 Å². The van der Waals surface area contributed by atoms with E-state index >= 15 is 0 Å². The molecule has 1 spiro atoms. The van der Waals surface area contributed by atoms with E-state index in [4.69, 9.17) is 0 Å². The molecule has 8 atom stereocenters. The van der Waals surface area contributed by atoms with Crippen molar-refractivity contribution in [2.24, 2.45) is 34.0 Å². The summed E-state index contributed by atoms with van der Waals surface area (Å²) in [5.74, 6) is -0.837. The Kier molecular flexibility index (Phi) is 3.64. The second kappa shape index (κ2) is 5.16. The van der Waals surface area contributed by atoms with Crippen molar-refractivity contribution in [3.63, 3.8) is 0 Å². The number of aliphatic hydroxyl groups excluding tert-OH is 4. The van der Waals surface area contributed by atoms with Crippen LogP contribution >= 0.6 is 0 Å². The lowest BCUT2D eigenvalue weighted by molar-refractivity contribution is -0.252. The summed E-state index contributed by atoms with van der Waals surface area (Å²) in [6.45, 7) is 7.83. The molecule has 0 aromatic rings. The van der Waals surface area contributed by atoms with E-state index in [1.807, 2.05) is 13.8 Å². The normalized spacial score (nSPS) is 54.2. The van der Waals surface area contributed by atoms with E-state index in [0.29, 0.717) is 37.7 Å². The minimum Gasteiger partial charge on any atom is -0.396 e. The highest BCUT2D eigenvalue weighted by atomic mass is 16.3. The van der Waals surface area contributed by atoms with Crippen LogP contribution in [0.4, 0.5) is 0 Å². The molecule has 0 saturated heterocycles. The summed E-state index contributed by atoms with van der Waals surface area (Å²) in [4.78, 5) is 13.2. The summed E-state index contributed by atoms with van der Waals surface area (Å²) in [6, 6.07) is 0. The zero-order chi connectivity index (χ0) is 18.4. The monoisotopic (exact) mass is 350 g/mol. The molecule has 4 N–H and O–H groups in total. The van der Waals surface area contributed by atoms with Crippen LogP contribution in [-0.2, 0) is 4.79 Å². The number of Topliss-reactive ketones (excluding diaryl/α,β-unsaturated/α-hetero) is 1. The molecular weight excluding hydrogens is 320 g/mol. The van der Waals surface area contributed by atoms with Crippen molar-refractivity contribution in [3.8, 4) is 0 Å². The van der Waals surface area contributed by atoms with Crippen LogP contribution in [0.2, 0.25) is 0 Å². The van der Waals surface area contributed by atoms with Crippen molar-refractivity contribution in [1.82, 2.24) is 0 Å². The fourth-order valence-electron chi connectivity index (χ4n) is 7.33. The van der Waals surface area contributed by atoms with E-state index in [2.05, 4.69) is 6.58 Å². The molecule has 0 unspecified atom stereocenters. The van der Waals surface area contributed by atoms with Gasteiger partial charge in [-0.1, -0.05) is 20.4 Å². The fourth-order valence-corrected chi connectivity index (χ4v) is 7.33. The lowest BCUT2D eigenvalue weighted by Gasteiger charge is -2.66. The molecule has 5 nitrogen and oxygen atoms in total. The molecule has 0 aromatic heterocycles. The maximum atomic E-state index is 13.2. The van der Waals surface area contributed by atoms with Crippen LogP contribution in [0, 0.1) is 34.0 Å². The van der Waals surface area contributed by atoms with Crippen LogP contribution in [0.3, 0.4) is 0 Å². The minimum absolute atomic E-state index is 0.0793. The SMILES string of the molecule is C=C1C(=O)[C@@]23[C@H](O)C[C@@H]4C(C)(C)[C@@H](O)CC[C@@]4(CO)[C@@H]2CC[C@@H]1[C@H]3O. The summed E-state index contributed by atoms with van der Waals surface area (Å²) in [7, 11) is 0. The molecule has 25 heavy (non-hydrogen) atoms. The van der Waals surface area contributed by atoms with Gasteiger partial charge in [0, 0.05) is 17.9 Å². The Balaban J connectivity index is 1.90. The summed E-state index contributed by atoms with van der Waals surface area (Å²) in [5.41, 5.74) is -1.79. The summed E-state index contributed by atoms with van der Waals surface area (Å²) in [6.07, 6.45) is 0.515. The molecule has 140 valence electrons. The maximum absolute atomic E-state index is 13.2. The molecule has 0 aliphatic heterocycles. The van der Waals surface area contributed by atoms with Crippen molar-refractivity contribution >= 4 is 5.78 Å². The van der Waals surface area contributed by atoms with E-state index in [0.717, 1.165) is 0 Å². The van der Waals surface area contributed by atoms with Crippen LogP contribution in [0.25, 0.3) is 0 Å². The first kappa shape index (κ1) is 17.7. The average molecular weight is 350 g/mol. The third-order valence-electron chi connectivity index (χ3n) is 8.68. The standard InChI is InChI=1S/C20H30O5/c1-10-11-4-5-12-19(9-21)7-6-14(22)18(2,3)13(19)8-15(23)20(12,16(10)24)17(11)25/h11-15,17,21-23,25H,1,4-9H2,2-3H3/t11-,12-,13+,14-,15+,17+,19+,20-/m0/s1. The van der Waals surface area contributed by atoms with Crippen molar-refractivity contribution in [2.75, 3.05) is 6.61 Å². The van der Waals surface area contributed by atoms with Gasteiger partial charge in [0.25, 0.3) is 0 Å². The molecule has 4 aliphatic carbocycles. The first-order valence-electron chi connectivity index (χ1n) is 9.54. The molecule has 5 heteroatoms. The Morgan fingerprint density at radius 3 is 2.40 bits per heavy atom. The zero-order valence-electron chi connectivity index (χ0n) is 15.1. The Hall–Kier alpha value is -0.750. The van der Waals surface area contributed by atoms with Gasteiger partial charge in [0.1, 0.15) is 0 Å². The second-order valence-electron chi connectivity index (χ2n) is 9.54. The van der Waals surface area contributed by atoms with E-state index < -0.39 is 34.6 Å². The highest BCUT2D eigenvalue weighted by molar-refractivity contribution is 6.04. The number of ketones is 1. The minimum atomic E-state index is -1.22. The Labute approximate surface area is 148 Å². The van der Waals surface area contributed by atoms with Crippen molar-refractivity contribution in [2.45, 2.75) is 64.3 Å². The molecule has 0 heterocycles. The van der Waals surface area contributed by atoms with Gasteiger partial charge in [0.2, 0.25) is 0 Å². The van der Waals surface area contributed by atoms with Gasteiger partial charge in [-0.2, -0.15) is 0 Å². The van der Waals surface area contributed by atoms with Crippen molar-refractivity contribution < 1.29 is 25.2 Å². The maximum Gasteiger partial charge on any atom is 0.170 e. The molecule has 4 saturated carbocycles. The van der Waals surface area contributed by atoms with Gasteiger partial charge in [0.05, 0.1) is 23.7 Å². The Morgan fingerprint density at radius 1 is 1.08 bits per heavy atom. The highest BCUT2D eigenvalue weighted by Gasteiger charge is 2.75. The molecule has 2 bridgehead atoms. The van der Waals surface area contributed by atoms with E-state index in [1.54, 1.807) is 0 Å². The van der Waals surface area contributed by atoms with Gasteiger partial charge in [-0.05, 0) is 54.9 Å². The van der Waals surface area contributed by atoms with Crippen LogP contribution < -0.4 is 0 Å². The molecule has 0 radical (unpaired) electrons. The first-order valence-corrected chi connectivity index (χ1v) is 9.54. The van der Waals surface area contributed by atoms with Gasteiger partial charge in [-0.3, -0.25) is 4.79 Å². The van der Waals surface area contributed by atoms with E-state index in [9.17, 15) is 25.2 Å². The molecule has 4 rings (SSSR count). The highest BCUT2D eigenvalue weighted by Crippen LogP contribution is 2.70. The lowest BCUT2D eigenvalue weighted by Crippen LogP contribution is -2.70. The predicted molar refractivity (Wildman–Crippen MR) is 91.5 cm³/mol. The fraction of sp³-hybridized carbons (Fsp3) is 0.850. The Bertz CT molecular complexity index is 628. The van der Waals surface area contributed by atoms with Gasteiger partial charge in [-0.15, -0.1) is 0 Å². The topological polar surface area (TPSA) is 98.0 Å². The number of aliphatic hydroxyl groups is 4. The molecule has 0 amide bonds. The molecular formula is C20H30O5. The summed E-state index contributed by atoms with van der Waals surface area (Å²) in [5, 5.41) is 43.2. The number of carbonyl (C=O) groups excluding carboxylic acids is 1. The van der Waals surface area contributed by atoms with Crippen LogP contribution in [-0.4, -0.2) is 51.1 Å². The second-order valence-corrected chi connectivity index (χ2v) is 9.54. The van der Waals surface area contributed by atoms with E-state index in [1.165, 1.54) is 0 Å². The number of hydrogen-bond donors (Lipinski definition) is 4. The van der Waals surface area contributed by atoms with Crippen LogP contribution in [0.1, 0.15) is 46.0 Å². The Morgan fingerprint density at radius 2 is 1.76 bits per heavy atom. The molecule has 4 fully saturated rings. The molecule has 0 aromatic carbocycles. The largest absolute Gasteiger partial charge is 0.396 e. The average Bonchev–Trinajstić information content (AvgIpc) is 2.68. The third kappa shape index (κ3) is 1.76. The number of rotatable bonds is 1. The van der Waals surface area contributed by atoms with Crippen LogP contribution in [0.15, 0.2) is 12.2 Å². The third-order valence-corrected chi connectivity index (χ3v) is 8.68. The van der Waals surface area contributed by atoms with Crippen molar-refractivity contribution in [3.05, 3.63) is 12.2 Å². The predicted octanol–water partition coefficient (Wildman–Crippen LogP) is 1.04. The van der Waals surface area contributed by atoms with Gasteiger partial charge < -0.3 is 20.4 Å². The van der Waals surface area contributed by atoms with Crippen molar-refractivity contribution in [1.29, 1.82) is 0 Å². The van der Waals surface area contributed by atoms with Gasteiger partial charge in [-0.25, -0.2) is 0 Å². The quantitative estimate of drug-likeness (QED) is 0.530. The number of hydrogen-bond acceptors (Lipinski definition) is 5. The number of fused-ring (bicyclic) bond motifs is 3. The summed E-state index contributed by atoms with van der Waals surface area (Å²) < 4.78 is 0. The van der Waals surface area contributed by atoms with Crippen LogP contribution in [0.5, 0.6) is 0 Å². The smallest absolute Gasteiger partial charge is 0.170 e. The molecule has 4 aliphatic rings. The lowest BCUT2D eigenvalue weighted by atomic mass is 9.39.